The van der Waals surface area contributed by atoms with Gasteiger partial charge >= 0.3 is 0 Å². The highest BCUT2D eigenvalue weighted by molar-refractivity contribution is 6.07. The van der Waals surface area contributed by atoms with Crippen molar-refractivity contribution in [2.24, 2.45) is 5.92 Å². The lowest BCUT2D eigenvalue weighted by atomic mass is 9.82. The van der Waals surface area contributed by atoms with Crippen molar-refractivity contribution in [1.82, 2.24) is 15.0 Å². The van der Waals surface area contributed by atoms with Gasteiger partial charge in [0.15, 0.2) is 5.60 Å². The molecule has 0 spiro atoms. The molecular weight excluding hydrogens is 636 g/mol. The zero-order valence-electron chi connectivity index (χ0n) is 27.3. The number of rotatable bonds is 14. The first kappa shape index (κ1) is 33.9. The number of nitro groups is 1. The molecule has 0 aliphatic carbocycles. The third-order valence-corrected chi connectivity index (χ3v) is 9.04. The second kappa shape index (κ2) is 14.6. The molecule has 50 heavy (non-hydrogen) atoms. The number of carbonyl (C=O) groups excluding carboxylic acids is 2. The third kappa shape index (κ3) is 6.66. The lowest BCUT2D eigenvalue weighted by molar-refractivity contribution is -0.385. The smallest absolute Gasteiger partial charge is 0.269 e. The lowest BCUT2D eigenvalue weighted by Gasteiger charge is -2.27. The van der Waals surface area contributed by atoms with Crippen molar-refractivity contribution in [3.05, 3.63) is 154 Å². The first-order chi connectivity index (χ1) is 24.2. The van der Waals surface area contributed by atoms with Gasteiger partial charge in [0, 0.05) is 47.7 Å². The number of aryl methyl sites for hydroxylation is 1. The quantitative estimate of drug-likeness (QED) is 0.0667. The summed E-state index contributed by atoms with van der Waals surface area (Å²) in [7, 11) is 0. The minimum absolute atomic E-state index is 0.0597. The van der Waals surface area contributed by atoms with Crippen LogP contribution in [0.2, 0.25) is 0 Å². The van der Waals surface area contributed by atoms with Gasteiger partial charge in [-0.25, -0.2) is 0 Å². The van der Waals surface area contributed by atoms with Crippen LogP contribution in [0, 0.1) is 16.0 Å². The van der Waals surface area contributed by atoms with Crippen LogP contribution in [0.4, 0.5) is 22.7 Å². The molecule has 5 aromatic rings. The maximum atomic E-state index is 14.1. The summed E-state index contributed by atoms with van der Waals surface area (Å²) in [5.74, 6) is -1.66. The van der Waals surface area contributed by atoms with Crippen LogP contribution in [0.5, 0.6) is 0 Å². The molecular formula is C38H36N6O6. The number of hydrogen-bond donors (Lipinski definition) is 2. The van der Waals surface area contributed by atoms with Gasteiger partial charge in [-0.3, -0.25) is 29.3 Å². The van der Waals surface area contributed by atoms with Crippen molar-refractivity contribution >= 4 is 35.1 Å². The van der Waals surface area contributed by atoms with Crippen molar-refractivity contribution in [2.45, 2.75) is 38.0 Å². The summed E-state index contributed by atoms with van der Waals surface area (Å²) in [6.07, 6.45) is 6.56. The summed E-state index contributed by atoms with van der Waals surface area (Å²) in [6.45, 7) is 2.10. The topological polar surface area (TPSA) is 155 Å². The van der Waals surface area contributed by atoms with Crippen LogP contribution in [-0.4, -0.2) is 49.1 Å². The number of nitro benzene ring substituents is 1. The first-order valence-corrected chi connectivity index (χ1v) is 16.2. The average molecular weight is 673 g/mol. The number of aliphatic hydroxyl groups is 2. The van der Waals surface area contributed by atoms with Crippen LogP contribution < -0.4 is 9.80 Å². The molecule has 0 saturated carbocycles. The minimum Gasteiger partial charge on any atom is -0.395 e. The SMILES string of the molecule is C[C@@H](/C=C/CCn1cc(C(CO)c2ccccc2)nn1)[C@]1(O)C(=O)N(Cc2cccc(N(C=O)c3ccccc3)c2)c2ccc([N+](=O)[O-])cc21. The molecule has 0 fully saturated rings. The van der Waals surface area contributed by atoms with Gasteiger partial charge < -0.3 is 15.1 Å². The highest BCUT2D eigenvalue weighted by Crippen LogP contribution is 2.47. The Bertz CT molecular complexity index is 2020. The second-order valence-electron chi connectivity index (χ2n) is 12.2. The lowest BCUT2D eigenvalue weighted by Crippen LogP contribution is -2.44. The molecule has 4 aromatic carbocycles. The van der Waals surface area contributed by atoms with E-state index in [0.717, 1.165) is 12.0 Å². The number of para-hydroxylation sites is 1. The van der Waals surface area contributed by atoms with Crippen LogP contribution in [0.15, 0.2) is 121 Å². The maximum Gasteiger partial charge on any atom is 0.269 e. The van der Waals surface area contributed by atoms with E-state index in [1.807, 2.05) is 72.8 Å². The predicted octanol–water partition coefficient (Wildman–Crippen LogP) is 5.62. The van der Waals surface area contributed by atoms with E-state index in [0.29, 0.717) is 41.3 Å². The van der Waals surface area contributed by atoms with E-state index in [1.54, 1.807) is 42.1 Å². The second-order valence-corrected chi connectivity index (χ2v) is 12.2. The number of hydrogen-bond acceptors (Lipinski definition) is 8. The maximum absolute atomic E-state index is 14.1. The number of aliphatic hydroxyl groups excluding tert-OH is 1. The molecule has 12 nitrogen and oxygen atoms in total. The van der Waals surface area contributed by atoms with Gasteiger partial charge in [-0.1, -0.05) is 85.0 Å². The summed E-state index contributed by atoms with van der Waals surface area (Å²) in [5, 5.41) is 42.3. The van der Waals surface area contributed by atoms with E-state index in [2.05, 4.69) is 10.3 Å². The summed E-state index contributed by atoms with van der Waals surface area (Å²) in [4.78, 5) is 40.3. The fraction of sp³-hybridized carbons (Fsp3) is 0.211. The number of nitrogens with zero attached hydrogens (tertiary/aromatic N) is 6. The van der Waals surface area contributed by atoms with E-state index in [4.69, 9.17) is 0 Å². The van der Waals surface area contributed by atoms with E-state index in [-0.39, 0.29) is 30.3 Å². The zero-order valence-corrected chi connectivity index (χ0v) is 27.3. The highest BCUT2D eigenvalue weighted by Gasteiger charge is 2.53. The molecule has 1 aromatic heterocycles. The van der Waals surface area contributed by atoms with Gasteiger partial charge in [-0.15, -0.1) is 5.10 Å². The van der Waals surface area contributed by atoms with Gasteiger partial charge in [-0.05, 0) is 47.9 Å². The Morgan fingerprint density at radius 3 is 2.40 bits per heavy atom. The monoisotopic (exact) mass is 672 g/mol. The molecule has 0 radical (unpaired) electrons. The number of carbonyl (C=O) groups is 2. The summed E-state index contributed by atoms with van der Waals surface area (Å²) >= 11 is 0. The Morgan fingerprint density at radius 1 is 0.980 bits per heavy atom. The molecule has 1 aliphatic heterocycles. The van der Waals surface area contributed by atoms with E-state index >= 15 is 0 Å². The Kier molecular flexibility index (Phi) is 9.93. The standard InChI is InChI=1S/C38H36N6O6/c1-27(11-8-9-20-41-24-35(39-40-41)33(25-45)29-13-4-2-5-14-29)38(48)34-22-32(44(49)50)18-19-36(34)42(37(38)47)23-28-12-10-17-31(21-28)43(26-46)30-15-6-3-7-16-30/h2-8,10-19,21-22,24,26-27,33,45,48H,9,20,23,25H2,1H3/b11-8+/t27-,33?,38+/m0/s1. The van der Waals surface area contributed by atoms with E-state index in [9.17, 15) is 29.9 Å². The van der Waals surface area contributed by atoms with Crippen molar-refractivity contribution in [3.8, 4) is 0 Å². The molecule has 0 saturated heterocycles. The Labute approximate surface area is 288 Å². The predicted molar refractivity (Wildman–Crippen MR) is 188 cm³/mol. The van der Waals surface area contributed by atoms with Gasteiger partial charge in [0.25, 0.3) is 11.6 Å². The zero-order chi connectivity index (χ0) is 35.3. The molecule has 12 heteroatoms. The van der Waals surface area contributed by atoms with Crippen LogP contribution in [-0.2, 0) is 28.3 Å². The van der Waals surface area contributed by atoms with Crippen LogP contribution in [0.1, 0.15) is 41.6 Å². The highest BCUT2D eigenvalue weighted by atomic mass is 16.6. The number of anilines is 3. The summed E-state index contributed by atoms with van der Waals surface area (Å²) in [6, 6.07) is 29.9. The molecule has 2 N–H and O–H groups in total. The van der Waals surface area contributed by atoms with Gasteiger partial charge in [0.1, 0.15) is 0 Å². The van der Waals surface area contributed by atoms with Gasteiger partial charge in [0.2, 0.25) is 6.41 Å². The molecule has 2 heterocycles. The molecule has 2 amide bonds. The Balaban J connectivity index is 1.21. The fourth-order valence-electron chi connectivity index (χ4n) is 6.34. The van der Waals surface area contributed by atoms with Gasteiger partial charge in [0.05, 0.1) is 35.4 Å². The number of allylic oxidation sites excluding steroid dienone is 1. The Morgan fingerprint density at radius 2 is 1.70 bits per heavy atom. The molecule has 1 aliphatic rings. The van der Waals surface area contributed by atoms with Crippen LogP contribution >= 0.6 is 0 Å². The minimum atomic E-state index is -2.07. The van der Waals surface area contributed by atoms with E-state index in [1.165, 1.54) is 28.0 Å². The number of amides is 2. The largest absolute Gasteiger partial charge is 0.395 e. The van der Waals surface area contributed by atoms with Crippen LogP contribution in [0.25, 0.3) is 0 Å². The van der Waals surface area contributed by atoms with Crippen molar-refractivity contribution < 1.29 is 24.7 Å². The molecule has 0 bridgehead atoms. The van der Waals surface area contributed by atoms with E-state index < -0.39 is 22.3 Å². The molecule has 6 rings (SSSR count). The number of aromatic nitrogens is 3. The first-order valence-electron chi connectivity index (χ1n) is 16.2. The van der Waals surface area contributed by atoms with Crippen LogP contribution in [0.3, 0.4) is 0 Å². The van der Waals surface area contributed by atoms with Crippen molar-refractivity contribution in [2.75, 3.05) is 16.4 Å². The van der Waals surface area contributed by atoms with Crippen molar-refractivity contribution in [3.63, 3.8) is 0 Å². The number of non-ortho nitro benzene ring substituents is 1. The Hall–Kier alpha value is -5.98. The number of fused-ring (bicyclic) bond motifs is 1. The summed E-state index contributed by atoms with van der Waals surface area (Å²) in [5.41, 5.74) is 1.76. The number of benzene rings is 4. The summed E-state index contributed by atoms with van der Waals surface area (Å²) < 4.78 is 1.67. The molecule has 1 unspecified atom stereocenters. The molecule has 3 atom stereocenters. The fourth-order valence-corrected chi connectivity index (χ4v) is 6.34. The average Bonchev–Trinajstić information content (AvgIpc) is 3.69. The van der Waals surface area contributed by atoms with Crippen molar-refractivity contribution in [1.29, 1.82) is 0 Å². The molecule has 254 valence electrons. The third-order valence-electron chi connectivity index (χ3n) is 9.04. The van der Waals surface area contributed by atoms with Gasteiger partial charge in [-0.2, -0.15) is 0 Å². The normalized spacial score (nSPS) is 16.7.